The number of methoxy groups -OCH3 is 1. The Balaban J connectivity index is 1.92. The normalized spacial score (nSPS) is 10.8. The van der Waals surface area contributed by atoms with Gasteiger partial charge in [-0.3, -0.25) is 19.9 Å². The number of aliphatic hydroxyl groups excluding tert-OH is 1. The van der Waals surface area contributed by atoms with Gasteiger partial charge < -0.3 is 9.84 Å². The smallest absolute Gasteiger partial charge is 0.326 e. The number of nitrogens with zero attached hydrogens (tertiary/aromatic N) is 3. The van der Waals surface area contributed by atoms with Crippen LogP contribution in [0.1, 0.15) is 28.9 Å². The Hall–Kier alpha value is -2.75. The summed E-state index contributed by atoms with van der Waals surface area (Å²) in [6.45, 7) is 2.25. The van der Waals surface area contributed by atoms with Crippen molar-refractivity contribution in [3.63, 3.8) is 0 Å². The number of ether oxygens (including phenoxy) is 1. The molecular formula is C20H21ClN4O4S. The zero-order valence-electron chi connectivity index (χ0n) is 16.5. The highest BCUT2D eigenvalue weighted by Crippen LogP contribution is 2.35. The van der Waals surface area contributed by atoms with Crippen LogP contribution in [-0.2, 0) is 6.54 Å². The van der Waals surface area contributed by atoms with Crippen LogP contribution >= 0.6 is 22.9 Å². The van der Waals surface area contributed by atoms with Gasteiger partial charge in [0, 0.05) is 41.2 Å². The number of carbonyl (C=O) groups excluding carboxylic acids is 1. The average molecular weight is 449 g/mol. The summed E-state index contributed by atoms with van der Waals surface area (Å²) in [7, 11) is 1.54. The topological polar surface area (TPSA) is 106 Å². The van der Waals surface area contributed by atoms with Crippen LogP contribution in [-0.4, -0.2) is 39.5 Å². The Kier molecular flexibility index (Phi) is 7.20. The summed E-state index contributed by atoms with van der Waals surface area (Å²) < 4.78 is 6.71. The molecule has 1 amide bonds. The number of anilines is 1. The van der Waals surface area contributed by atoms with Crippen molar-refractivity contribution >= 4 is 34.0 Å². The van der Waals surface area contributed by atoms with Crippen molar-refractivity contribution in [3.8, 4) is 16.9 Å². The van der Waals surface area contributed by atoms with Gasteiger partial charge in [0.15, 0.2) is 0 Å². The number of unbranched alkanes of at least 4 members (excludes halogenated alkanes) is 1. The summed E-state index contributed by atoms with van der Waals surface area (Å²) in [6, 6.07) is 6.94. The van der Waals surface area contributed by atoms with Crippen LogP contribution < -0.4 is 14.9 Å². The lowest BCUT2D eigenvalue weighted by Crippen LogP contribution is -2.16. The van der Waals surface area contributed by atoms with E-state index < -0.39 is 5.91 Å². The lowest BCUT2D eigenvalue weighted by atomic mass is 9.99. The molecule has 8 nitrogen and oxygen atoms in total. The maximum absolute atomic E-state index is 13.0. The molecule has 0 aliphatic heterocycles. The first-order chi connectivity index (χ1) is 14.4. The lowest BCUT2D eigenvalue weighted by Gasteiger charge is -2.13. The summed E-state index contributed by atoms with van der Waals surface area (Å²) in [5, 5.41) is 16.4. The van der Waals surface area contributed by atoms with Gasteiger partial charge in [0.05, 0.1) is 12.7 Å². The number of hydrogen-bond donors (Lipinski definition) is 2. The molecule has 2 N–H and O–H groups in total. The minimum absolute atomic E-state index is 0.0542. The summed E-state index contributed by atoms with van der Waals surface area (Å²) in [5.74, 6) is 0.118. The zero-order chi connectivity index (χ0) is 21.7. The number of benzene rings is 1. The number of carbonyl (C=O) groups is 1. The number of aryl methyl sites for hydroxylation is 2. The molecule has 0 bridgehead atoms. The van der Waals surface area contributed by atoms with Crippen LogP contribution in [0.5, 0.6) is 5.75 Å². The second kappa shape index (κ2) is 9.84. The third-order valence-electron chi connectivity index (χ3n) is 4.34. The molecule has 30 heavy (non-hydrogen) atoms. The third-order valence-corrected chi connectivity index (χ3v) is 5.34. The first-order valence-electron chi connectivity index (χ1n) is 9.23. The van der Waals surface area contributed by atoms with Crippen LogP contribution in [0.25, 0.3) is 11.1 Å². The Morgan fingerprint density at radius 3 is 2.83 bits per heavy atom. The molecule has 0 saturated heterocycles. The van der Waals surface area contributed by atoms with E-state index in [1.165, 1.54) is 10.9 Å². The predicted octanol–water partition coefficient (Wildman–Crippen LogP) is 3.36. The van der Waals surface area contributed by atoms with Crippen LogP contribution in [0.3, 0.4) is 0 Å². The van der Waals surface area contributed by atoms with Gasteiger partial charge in [0.2, 0.25) is 5.13 Å². The maximum Gasteiger partial charge on any atom is 0.326 e. The minimum Gasteiger partial charge on any atom is -0.496 e. The fourth-order valence-corrected chi connectivity index (χ4v) is 3.75. The number of hydrogen-bond acceptors (Lipinski definition) is 7. The summed E-state index contributed by atoms with van der Waals surface area (Å²) in [6.07, 6.45) is 2.67. The highest BCUT2D eigenvalue weighted by atomic mass is 35.5. The molecule has 0 unspecified atom stereocenters. The summed E-state index contributed by atoms with van der Waals surface area (Å²) >= 11 is 7.01. The van der Waals surface area contributed by atoms with Crippen LogP contribution in [0, 0.1) is 6.92 Å². The van der Waals surface area contributed by atoms with Crippen molar-refractivity contribution < 1.29 is 14.6 Å². The van der Waals surface area contributed by atoms with Crippen molar-refractivity contribution in [2.24, 2.45) is 0 Å². The van der Waals surface area contributed by atoms with Crippen molar-refractivity contribution in [1.82, 2.24) is 14.8 Å². The highest BCUT2D eigenvalue weighted by molar-refractivity contribution is 7.13. The van der Waals surface area contributed by atoms with Gasteiger partial charge in [-0.05, 0) is 55.4 Å². The second-order valence-electron chi connectivity index (χ2n) is 6.50. The summed E-state index contributed by atoms with van der Waals surface area (Å²) in [5.41, 5.74) is 2.29. The Labute approximate surface area is 182 Å². The molecule has 0 atom stereocenters. The monoisotopic (exact) mass is 448 g/mol. The Bertz CT molecular complexity index is 1110. The molecule has 3 aromatic rings. The predicted molar refractivity (Wildman–Crippen MR) is 117 cm³/mol. The number of rotatable bonds is 8. The van der Waals surface area contributed by atoms with E-state index in [2.05, 4.69) is 15.4 Å². The van der Waals surface area contributed by atoms with Crippen molar-refractivity contribution in [2.45, 2.75) is 26.3 Å². The Morgan fingerprint density at radius 1 is 1.30 bits per heavy atom. The molecule has 3 rings (SSSR count). The lowest BCUT2D eigenvalue weighted by molar-refractivity contribution is 0.102. The molecule has 2 aromatic heterocycles. The quantitative estimate of drug-likeness (QED) is 0.512. The van der Waals surface area contributed by atoms with Crippen LogP contribution in [0.4, 0.5) is 5.13 Å². The van der Waals surface area contributed by atoms with Gasteiger partial charge in [-0.25, -0.2) is 4.68 Å². The van der Waals surface area contributed by atoms with Crippen LogP contribution in [0.2, 0.25) is 5.02 Å². The van der Waals surface area contributed by atoms with Gasteiger partial charge >= 0.3 is 4.87 Å². The van der Waals surface area contributed by atoms with Gasteiger partial charge in [0.25, 0.3) is 5.91 Å². The average Bonchev–Trinajstić information content (AvgIpc) is 3.06. The zero-order valence-corrected chi connectivity index (χ0v) is 18.1. The minimum atomic E-state index is -0.448. The largest absolute Gasteiger partial charge is 0.496 e. The fraction of sp³-hybridized carbons (Fsp3) is 0.300. The maximum atomic E-state index is 13.0. The van der Waals surface area contributed by atoms with E-state index in [0.29, 0.717) is 46.8 Å². The SMILES string of the molecule is COc1ccc(Cl)cc1-c1cc(C)ncc1C(=O)Nc1nn(CCCCO)c(=O)s1. The number of aromatic nitrogens is 3. The molecule has 0 saturated carbocycles. The Morgan fingerprint density at radius 2 is 2.10 bits per heavy atom. The molecular weight excluding hydrogens is 428 g/mol. The van der Waals surface area contributed by atoms with Gasteiger partial charge in [-0.2, -0.15) is 0 Å². The van der Waals surface area contributed by atoms with E-state index in [-0.39, 0.29) is 16.6 Å². The molecule has 0 spiro atoms. The first-order valence-corrected chi connectivity index (χ1v) is 10.4. The van der Waals surface area contributed by atoms with Crippen molar-refractivity contribution in [1.29, 1.82) is 0 Å². The summed E-state index contributed by atoms with van der Waals surface area (Å²) in [4.78, 5) is 29.0. The third kappa shape index (κ3) is 5.05. The van der Waals surface area contributed by atoms with E-state index >= 15 is 0 Å². The number of amides is 1. The number of pyridine rings is 1. The molecule has 0 radical (unpaired) electrons. The fourth-order valence-electron chi connectivity index (χ4n) is 2.89. The van der Waals surface area contributed by atoms with Crippen molar-refractivity contribution in [3.05, 3.63) is 56.4 Å². The van der Waals surface area contributed by atoms with E-state index in [1.807, 2.05) is 6.92 Å². The standard InChI is InChI=1S/C20H21ClN4O4S/c1-12-9-14(15-10-13(21)5-6-17(15)29-2)16(11-22-12)18(27)23-19-24-25(20(28)30-19)7-3-4-8-26/h5-6,9-11,26H,3-4,7-8H2,1-2H3,(H,23,24,27). The number of halogens is 1. The van der Waals surface area contributed by atoms with E-state index in [4.69, 9.17) is 21.4 Å². The first kappa shape index (κ1) is 21.9. The molecule has 0 fully saturated rings. The molecule has 158 valence electrons. The molecule has 1 aromatic carbocycles. The van der Waals surface area contributed by atoms with Gasteiger partial charge in [0.1, 0.15) is 5.75 Å². The highest BCUT2D eigenvalue weighted by Gasteiger charge is 2.19. The van der Waals surface area contributed by atoms with Gasteiger partial charge in [-0.15, -0.1) is 5.10 Å². The molecule has 2 heterocycles. The molecule has 10 heteroatoms. The van der Waals surface area contributed by atoms with E-state index in [0.717, 1.165) is 17.0 Å². The van der Waals surface area contributed by atoms with E-state index in [9.17, 15) is 9.59 Å². The van der Waals surface area contributed by atoms with E-state index in [1.54, 1.807) is 31.4 Å². The second-order valence-corrected chi connectivity index (χ2v) is 7.87. The molecule has 0 aliphatic carbocycles. The number of aliphatic hydroxyl groups is 1. The van der Waals surface area contributed by atoms with Crippen LogP contribution in [0.15, 0.2) is 35.3 Å². The van der Waals surface area contributed by atoms with Crippen molar-refractivity contribution in [2.75, 3.05) is 19.0 Å². The molecule has 0 aliphatic rings. The van der Waals surface area contributed by atoms with Gasteiger partial charge in [-0.1, -0.05) is 11.6 Å². The number of nitrogens with one attached hydrogen (secondary N) is 1.